The summed E-state index contributed by atoms with van der Waals surface area (Å²) in [6.45, 7) is 4.67. The number of rotatable bonds is 5. The van der Waals surface area contributed by atoms with E-state index >= 15 is 0 Å². The first-order valence-electron chi connectivity index (χ1n) is 16.1. The highest BCUT2D eigenvalue weighted by Crippen LogP contribution is 2.52. The molecule has 1 aliphatic rings. The van der Waals surface area contributed by atoms with Crippen molar-refractivity contribution in [2.45, 2.75) is 19.3 Å². The van der Waals surface area contributed by atoms with Gasteiger partial charge >= 0.3 is 0 Å². The van der Waals surface area contributed by atoms with E-state index in [4.69, 9.17) is 9.40 Å². The highest BCUT2D eigenvalue weighted by Gasteiger charge is 2.36. The first kappa shape index (κ1) is 27.4. The molecule has 7 aromatic carbocycles. The van der Waals surface area contributed by atoms with Crippen LogP contribution in [0.3, 0.4) is 0 Å². The first-order valence-corrected chi connectivity index (χ1v) is 16.1. The maximum Gasteiger partial charge on any atom is 0.227 e. The van der Waals surface area contributed by atoms with Gasteiger partial charge in [-0.05, 0) is 69.6 Å². The average molecular weight is 605 g/mol. The van der Waals surface area contributed by atoms with Gasteiger partial charge < -0.3 is 9.32 Å². The van der Waals surface area contributed by atoms with Gasteiger partial charge in [0.05, 0.1) is 11.4 Å². The molecule has 47 heavy (non-hydrogen) atoms. The molecular formula is C44H32N2O. The number of anilines is 3. The second kappa shape index (κ2) is 10.6. The van der Waals surface area contributed by atoms with Crippen LogP contribution >= 0.6 is 0 Å². The summed E-state index contributed by atoms with van der Waals surface area (Å²) in [5.41, 5.74) is 13.1. The second-order valence-corrected chi connectivity index (χ2v) is 12.8. The van der Waals surface area contributed by atoms with Gasteiger partial charge in [0.2, 0.25) is 5.89 Å². The van der Waals surface area contributed by atoms with E-state index in [0.29, 0.717) is 5.89 Å². The summed E-state index contributed by atoms with van der Waals surface area (Å²) in [5, 5.41) is 2.18. The molecule has 3 nitrogen and oxygen atoms in total. The molecule has 0 amide bonds. The van der Waals surface area contributed by atoms with Crippen molar-refractivity contribution in [3.05, 3.63) is 169 Å². The third kappa shape index (κ3) is 4.31. The van der Waals surface area contributed by atoms with Gasteiger partial charge in [-0.2, -0.15) is 0 Å². The third-order valence-corrected chi connectivity index (χ3v) is 9.68. The number of aromatic nitrogens is 1. The maximum absolute atomic E-state index is 6.79. The van der Waals surface area contributed by atoms with Gasteiger partial charge in [0.25, 0.3) is 0 Å². The molecule has 9 rings (SSSR count). The molecule has 1 aromatic heterocycles. The Labute approximate surface area is 274 Å². The Morgan fingerprint density at radius 3 is 1.98 bits per heavy atom. The lowest BCUT2D eigenvalue weighted by atomic mass is 9.82. The summed E-state index contributed by atoms with van der Waals surface area (Å²) in [6.07, 6.45) is 0. The van der Waals surface area contributed by atoms with Gasteiger partial charge in [-0.25, -0.2) is 4.98 Å². The van der Waals surface area contributed by atoms with E-state index in [2.05, 4.69) is 158 Å². The average Bonchev–Trinajstić information content (AvgIpc) is 3.68. The van der Waals surface area contributed by atoms with Crippen molar-refractivity contribution < 1.29 is 4.42 Å². The molecule has 3 heteroatoms. The molecule has 0 saturated carbocycles. The fraction of sp³-hybridized carbons (Fsp3) is 0.0682. The lowest BCUT2D eigenvalue weighted by Gasteiger charge is -2.30. The third-order valence-electron chi connectivity index (χ3n) is 9.68. The van der Waals surface area contributed by atoms with Gasteiger partial charge in [0, 0.05) is 27.6 Å². The van der Waals surface area contributed by atoms with Crippen LogP contribution in [0.25, 0.3) is 55.6 Å². The number of hydrogen-bond donors (Lipinski definition) is 0. The van der Waals surface area contributed by atoms with Crippen LogP contribution in [-0.2, 0) is 5.41 Å². The zero-order valence-electron chi connectivity index (χ0n) is 26.3. The van der Waals surface area contributed by atoms with Gasteiger partial charge in [0.15, 0.2) is 5.58 Å². The summed E-state index contributed by atoms with van der Waals surface area (Å²) in [6, 6.07) is 55.9. The van der Waals surface area contributed by atoms with Crippen LogP contribution in [0.1, 0.15) is 25.0 Å². The molecule has 0 fully saturated rings. The van der Waals surface area contributed by atoms with Crippen LogP contribution in [0.4, 0.5) is 17.1 Å². The minimum atomic E-state index is -0.141. The Morgan fingerprint density at radius 2 is 1.17 bits per heavy atom. The molecule has 224 valence electrons. The van der Waals surface area contributed by atoms with E-state index in [-0.39, 0.29) is 5.41 Å². The van der Waals surface area contributed by atoms with Gasteiger partial charge in [-0.3, -0.25) is 0 Å². The molecule has 0 unspecified atom stereocenters. The van der Waals surface area contributed by atoms with Crippen molar-refractivity contribution in [2.24, 2.45) is 0 Å². The predicted octanol–water partition coefficient (Wildman–Crippen LogP) is 12.1. The normalized spacial score (nSPS) is 13.1. The number of benzene rings is 7. The van der Waals surface area contributed by atoms with Crippen molar-refractivity contribution in [1.82, 2.24) is 4.98 Å². The molecule has 8 aromatic rings. The molecule has 0 N–H and O–H groups in total. The minimum Gasteiger partial charge on any atom is -0.434 e. The van der Waals surface area contributed by atoms with Crippen LogP contribution < -0.4 is 4.90 Å². The molecular weight excluding hydrogens is 572 g/mol. The van der Waals surface area contributed by atoms with Crippen LogP contribution in [-0.4, -0.2) is 4.98 Å². The molecule has 0 saturated heterocycles. The SMILES string of the molecule is CC1(C)c2ccccc2-c2ccc(N(c3ccccc3-c3ccccc3)c3cc4ccccc4c4nc(-c5ccccc5)oc34)cc21. The summed E-state index contributed by atoms with van der Waals surface area (Å²) in [4.78, 5) is 7.51. The topological polar surface area (TPSA) is 29.3 Å². The smallest absolute Gasteiger partial charge is 0.227 e. The van der Waals surface area contributed by atoms with E-state index in [1.165, 1.54) is 22.3 Å². The number of hydrogen-bond acceptors (Lipinski definition) is 3. The Morgan fingerprint density at radius 1 is 0.532 bits per heavy atom. The molecule has 1 heterocycles. The van der Waals surface area contributed by atoms with Crippen molar-refractivity contribution in [2.75, 3.05) is 4.90 Å². The standard InChI is InChI=1S/C44H32N2O/c1-44(2)37-23-13-11-22-35(37)36-26-25-32(28-38(36)44)46(39-24-14-12-20-33(39)29-15-5-3-6-16-29)40-27-31-19-9-10-21-34(31)41-42(40)47-43(45-41)30-17-7-4-8-18-30/h3-28H,1-2H3. The Kier molecular flexibility index (Phi) is 6.16. The van der Waals surface area contributed by atoms with E-state index in [0.717, 1.165) is 55.6 Å². The Bertz CT molecular complexity index is 2440. The summed E-state index contributed by atoms with van der Waals surface area (Å²) >= 11 is 0. The van der Waals surface area contributed by atoms with E-state index < -0.39 is 0 Å². The van der Waals surface area contributed by atoms with Crippen LogP contribution in [0.2, 0.25) is 0 Å². The van der Waals surface area contributed by atoms with Gasteiger partial charge in [-0.15, -0.1) is 0 Å². The lowest BCUT2D eigenvalue weighted by molar-refractivity contribution is 0.620. The Balaban J connectivity index is 1.36. The highest BCUT2D eigenvalue weighted by atomic mass is 16.3. The highest BCUT2D eigenvalue weighted by molar-refractivity contribution is 6.12. The summed E-state index contributed by atoms with van der Waals surface area (Å²) in [7, 11) is 0. The second-order valence-electron chi connectivity index (χ2n) is 12.8. The zero-order valence-corrected chi connectivity index (χ0v) is 26.3. The van der Waals surface area contributed by atoms with Crippen molar-refractivity contribution in [1.29, 1.82) is 0 Å². The zero-order chi connectivity index (χ0) is 31.5. The number of para-hydroxylation sites is 1. The van der Waals surface area contributed by atoms with Crippen LogP contribution in [0.5, 0.6) is 0 Å². The predicted molar refractivity (Wildman–Crippen MR) is 195 cm³/mol. The van der Waals surface area contributed by atoms with E-state index in [9.17, 15) is 0 Å². The fourth-order valence-electron chi connectivity index (χ4n) is 7.37. The Hall–Kier alpha value is -5.93. The number of oxazole rings is 1. The van der Waals surface area contributed by atoms with Crippen LogP contribution in [0.15, 0.2) is 162 Å². The fourth-order valence-corrected chi connectivity index (χ4v) is 7.37. The van der Waals surface area contributed by atoms with E-state index in [1.54, 1.807) is 0 Å². The minimum absolute atomic E-state index is 0.141. The van der Waals surface area contributed by atoms with Crippen molar-refractivity contribution in [3.8, 4) is 33.7 Å². The molecule has 0 bridgehead atoms. The lowest BCUT2D eigenvalue weighted by Crippen LogP contribution is -2.17. The summed E-state index contributed by atoms with van der Waals surface area (Å²) in [5.74, 6) is 0.611. The van der Waals surface area contributed by atoms with Crippen molar-refractivity contribution in [3.63, 3.8) is 0 Å². The monoisotopic (exact) mass is 604 g/mol. The number of nitrogens with zero attached hydrogens (tertiary/aromatic N) is 2. The first-order chi connectivity index (χ1) is 23.1. The summed E-state index contributed by atoms with van der Waals surface area (Å²) < 4.78 is 6.79. The number of fused-ring (bicyclic) bond motifs is 6. The molecule has 1 aliphatic carbocycles. The molecule has 0 spiro atoms. The molecule has 0 atom stereocenters. The maximum atomic E-state index is 6.79. The van der Waals surface area contributed by atoms with Crippen LogP contribution in [0, 0.1) is 0 Å². The van der Waals surface area contributed by atoms with Crippen molar-refractivity contribution >= 4 is 38.9 Å². The van der Waals surface area contributed by atoms with E-state index in [1.807, 2.05) is 18.2 Å². The molecule has 0 radical (unpaired) electrons. The molecule has 0 aliphatic heterocycles. The van der Waals surface area contributed by atoms with Gasteiger partial charge in [-0.1, -0.05) is 135 Å². The quantitative estimate of drug-likeness (QED) is 0.196. The largest absolute Gasteiger partial charge is 0.434 e. The van der Waals surface area contributed by atoms with Gasteiger partial charge in [0.1, 0.15) is 5.52 Å².